The van der Waals surface area contributed by atoms with E-state index in [1.807, 2.05) is 6.92 Å². The molecule has 1 aliphatic carbocycles. The molecule has 1 saturated carbocycles. The number of carbonyl (C=O) groups is 1. The van der Waals surface area contributed by atoms with E-state index in [9.17, 15) is 4.79 Å². The monoisotopic (exact) mass is 171 g/mol. The lowest BCUT2D eigenvalue weighted by atomic mass is 9.82. The van der Waals surface area contributed by atoms with Crippen LogP contribution in [0.15, 0.2) is 0 Å². The van der Waals surface area contributed by atoms with E-state index in [1.54, 1.807) is 0 Å². The molecule has 0 aromatic heterocycles. The number of hydrogen-bond acceptors (Lipinski definition) is 2. The molecular formula is C9H17NO2. The summed E-state index contributed by atoms with van der Waals surface area (Å²) >= 11 is 0. The summed E-state index contributed by atoms with van der Waals surface area (Å²) in [7, 11) is 0. The van der Waals surface area contributed by atoms with E-state index in [1.165, 1.54) is 0 Å². The fourth-order valence-corrected chi connectivity index (χ4v) is 1.44. The maximum Gasteiger partial charge on any atom is 0.219 e. The normalized spacial score (nSPS) is 27.8. The first-order valence-corrected chi connectivity index (χ1v) is 4.67. The van der Waals surface area contributed by atoms with E-state index in [0.29, 0.717) is 12.3 Å². The minimum Gasteiger partial charge on any atom is -0.393 e. The first kappa shape index (κ1) is 9.52. The number of aliphatic hydroxyl groups excluding tert-OH is 1. The Kier molecular flexibility index (Phi) is 3.53. The van der Waals surface area contributed by atoms with Crippen LogP contribution in [0.2, 0.25) is 0 Å². The van der Waals surface area contributed by atoms with Crippen LogP contribution in [0.25, 0.3) is 0 Å². The Hall–Kier alpha value is -0.570. The Bertz CT molecular complexity index is 153. The molecule has 0 unspecified atom stereocenters. The smallest absolute Gasteiger partial charge is 0.219 e. The molecule has 0 aliphatic heterocycles. The third kappa shape index (κ3) is 2.81. The fourth-order valence-electron chi connectivity index (χ4n) is 1.44. The summed E-state index contributed by atoms with van der Waals surface area (Å²) in [5.74, 6) is 0.652. The van der Waals surface area contributed by atoms with Gasteiger partial charge < -0.3 is 10.4 Å². The zero-order chi connectivity index (χ0) is 8.97. The van der Waals surface area contributed by atoms with Crippen LogP contribution in [0, 0.1) is 5.92 Å². The molecule has 1 aliphatic rings. The lowest BCUT2D eigenvalue weighted by molar-refractivity contribution is -0.121. The Labute approximate surface area is 73.2 Å². The zero-order valence-corrected chi connectivity index (χ0v) is 7.55. The molecule has 2 N–H and O–H groups in total. The maximum atomic E-state index is 11.0. The Morgan fingerprint density at radius 2 is 2.25 bits per heavy atom. The second-order valence-electron chi connectivity index (χ2n) is 3.55. The molecule has 1 fully saturated rings. The molecule has 12 heavy (non-hydrogen) atoms. The van der Waals surface area contributed by atoms with Crippen molar-refractivity contribution in [1.29, 1.82) is 0 Å². The molecule has 0 radical (unpaired) electrons. The highest BCUT2D eigenvalue weighted by atomic mass is 16.3. The van der Waals surface area contributed by atoms with Crippen LogP contribution in [0.4, 0.5) is 0 Å². The Balaban J connectivity index is 1.98. The van der Waals surface area contributed by atoms with E-state index in [-0.39, 0.29) is 12.0 Å². The molecule has 3 nitrogen and oxygen atoms in total. The predicted octanol–water partition coefficient (Wildman–Crippen LogP) is 0.674. The van der Waals surface area contributed by atoms with E-state index < -0.39 is 0 Å². The second kappa shape index (κ2) is 4.45. The minimum absolute atomic E-state index is 0.113. The quantitative estimate of drug-likeness (QED) is 0.653. The zero-order valence-electron chi connectivity index (χ0n) is 7.55. The number of carbonyl (C=O) groups excluding carboxylic acids is 1. The van der Waals surface area contributed by atoms with E-state index in [0.717, 1.165) is 25.8 Å². The van der Waals surface area contributed by atoms with Gasteiger partial charge in [-0.15, -0.1) is 0 Å². The number of amides is 1. The van der Waals surface area contributed by atoms with Crippen molar-refractivity contribution in [2.24, 2.45) is 5.92 Å². The van der Waals surface area contributed by atoms with Gasteiger partial charge >= 0.3 is 0 Å². The van der Waals surface area contributed by atoms with Crippen LogP contribution in [0.3, 0.4) is 0 Å². The van der Waals surface area contributed by atoms with Gasteiger partial charge in [0, 0.05) is 13.0 Å². The summed E-state index contributed by atoms with van der Waals surface area (Å²) in [6, 6.07) is 0. The highest BCUT2D eigenvalue weighted by Crippen LogP contribution is 2.25. The largest absolute Gasteiger partial charge is 0.393 e. The standard InChI is InChI=1S/C9H17NO2/c1-2-3-9(12)10-6-7-4-8(11)5-7/h7-8,11H,2-6H2,1H3,(H,10,12). The lowest BCUT2D eigenvalue weighted by Crippen LogP contribution is -2.38. The van der Waals surface area contributed by atoms with Crippen LogP contribution in [0.5, 0.6) is 0 Å². The number of rotatable bonds is 4. The highest BCUT2D eigenvalue weighted by Gasteiger charge is 2.26. The van der Waals surface area contributed by atoms with Gasteiger partial charge in [0.25, 0.3) is 0 Å². The van der Waals surface area contributed by atoms with Gasteiger partial charge in [-0.05, 0) is 25.2 Å². The molecule has 0 aromatic carbocycles. The van der Waals surface area contributed by atoms with Crippen molar-refractivity contribution in [3.8, 4) is 0 Å². The van der Waals surface area contributed by atoms with E-state index >= 15 is 0 Å². The van der Waals surface area contributed by atoms with Crippen LogP contribution in [0.1, 0.15) is 32.6 Å². The van der Waals surface area contributed by atoms with E-state index in [2.05, 4.69) is 5.32 Å². The summed E-state index contributed by atoms with van der Waals surface area (Å²) in [4.78, 5) is 11.0. The molecule has 1 rings (SSSR count). The Morgan fingerprint density at radius 1 is 1.58 bits per heavy atom. The highest BCUT2D eigenvalue weighted by molar-refractivity contribution is 5.75. The summed E-state index contributed by atoms with van der Waals surface area (Å²) < 4.78 is 0. The SMILES string of the molecule is CCCC(=O)NCC1CC(O)C1. The van der Waals surface area contributed by atoms with Gasteiger partial charge in [-0.25, -0.2) is 0 Å². The molecule has 0 aromatic rings. The molecule has 0 saturated heterocycles. The van der Waals surface area contributed by atoms with Crippen molar-refractivity contribution in [1.82, 2.24) is 5.32 Å². The number of nitrogens with one attached hydrogen (secondary N) is 1. The predicted molar refractivity (Wildman–Crippen MR) is 46.6 cm³/mol. The van der Waals surface area contributed by atoms with Crippen LogP contribution < -0.4 is 5.32 Å². The van der Waals surface area contributed by atoms with Crippen molar-refractivity contribution in [2.75, 3.05) is 6.54 Å². The molecule has 0 spiro atoms. The van der Waals surface area contributed by atoms with Crippen molar-refractivity contribution < 1.29 is 9.90 Å². The van der Waals surface area contributed by atoms with Gasteiger partial charge in [0.1, 0.15) is 0 Å². The average Bonchev–Trinajstić information content (AvgIpc) is 1.96. The molecule has 0 heterocycles. The lowest BCUT2D eigenvalue weighted by Gasteiger charge is -2.31. The molecular weight excluding hydrogens is 154 g/mol. The topological polar surface area (TPSA) is 49.3 Å². The maximum absolute atomic E-state index is 11.0. The molecule has 0 atom stereocenters. The summed E-state index contributed by atoms with van der Waals surface area (Å²) in [5, 5.41) is 11.8. The van der Waals surface area contributed by atoms with Gasteiger partial charge in [0.2, 0.25) is 5.91 Å². The van der Waals surface area contributed by atoms with Gasteiger partial charge in [-0.2, -0.15) is 0 Å². The Morgan fingerprint density at radius 3 is 2.75 bits per heavy atom. The fraction of sp³-hybridized carbons (Fsp3) is 0.889. The van der Waals surface area contributed by atoms with Gasteiger partial charge in [-0.3, -0.25) is 4.79 Å². The van der Waals surface area contributed by atoms with Gasteiger partial charge in [0.05, 0.1) is 6.10 Å². The van der Waals surface area contributed by atoms with E-state index in [4.69, 9.17) is 5.11 Å². The average molecular weight is 171 g/mol. The molecule has 70 valence electrons. The van der Waals surface area contributed by atoms with Crippen molar-refractivity contribution in [3.63, 3.8) is 0 Å². The summed E-state index contributed by atoms with van der Waals surface area (Å²) in [6.45, 7) is 2.74. The van der Waals surface area contributed by atoms with Crippen molar-refractivity contribution >= 4 is 5.91 Å². The summed E-state index contributed by atoms with van der Waals surface area (Å²) in [5.41, 5.74) is 0. The van der Waals surface area contributed by atoms with Crippen LogP contribution in [-0.4, -0.2) is 23.7 Å². The minimum atomic E-state index is -0.113. The third-order valence-electron chi connectivity index (χ3n) is 2.28. The molecule has 0 bridgehead atoms. The third-order valence-corrected chi connectivity index (χ3v) is 2.28. The molecule has 1 amide bonds. The number of hydrogen-bond donors (Lipinski definition) is 2. The van der Waals surface area contributed by atoms with Crippen LogP contribution in [-0.2, 0) is 4.79 Å². The van der Waals surface area contributed by atoms with Crippen LogP contribution >= 0.6 is 0 Å². The van der Waals surface area contributed by atoms with Crippen molar-refractivity contribution in [3.05, 3.63) is 0 Å². The van der Waals surface area contributed by atoms with Gasteiger partial charge in [-0.1, -0.05) is 6.92 Å². The first-order valence-electron chi connectivity index (χ1n) is 4.67. The first-order chi connectivity index (χ1) is 5.72. The van der Waals surface area contributed by atoms with Crippen molar-refractivity contribution in [2.45, 2.75) is 38.7 Å². The summed E-state index contributed by atoms with van der Waals surface area (Å²) in [6.07, 6.45) is 3.12. The second-order valence-corrected chi connectivity index (χ2v) is 3.55. The molecule has 3 heteroatoms. The van der Waals surface area contributed by atoms with Gasteiger partial charge in [0.15, 0.2) is 0 Å². The number of aliphatic hydroxyl groups is 1.